The van der Waals surface area contributed by atoms with Crippen molar-refractivity contribution in [2.24, 2.45) is 17.1 Å². The first-order chi connectivity index (χ1) is 8.07. The predicted octanol–water partition coefficient (Wildman–Crippen LogP) is 1.80. The van der Waals surface area contributed by atoms with Gasteiger partial charge in [0.25, 0.3) is 0 Å². The van der Waals surface area contributed by atoms with Gasteiger partial charge in [0.05, 0.1) is 26.6 Å². The van der Waals surface area contributed by atoms with Crippen molar-refractivity contribution in [3.05, 3.63) is 18.0 Å². The normalized spacial score (nSPS) is 25.5. The molecule has 0 aliphatic heterocycles. The van der Waals surface area contributed by atoms with Gasteiger partial charge in [-0.15, -0.1) is 0 Å². The van der Waals surface area contributed by atoms with Gasteiger partial charge in [0.1, 0.15) is 11.5 Å². The summed E-state index contributed by atoms with van der Waals surface area (Å²) in [4.78, 5) is 4.11. The van der Waals surface area contributed by atoms with Gasteiger partial charge >= 0.3 is 0 Å². The van der Waals surface area contributed by atoms with Gasteiger partial charge in [0.15, 0.2) is 0 Å². The fourth-order valence-corrected chi connectivity index (χ4v) is 2.82. The van der Waals surface area contributed by atoms with Crippen LogP contribution < -0.4 is 15.2 Å². The number of nitrogens with two attached hydrogens (primary N) is 1. The van der Waals surface area contributed by atoms with Crippen molar-refractivity contribution in [3.8, 4) is 11.5 Å². The fourth-order valence-electron chi connectivity index (χ4n) is 2.82. The number of hydrogen-bond acceptors (Lipinski definition) is 4. The minimum atomic E-state index is 0.205. The van der Waals surface area contributed by atoms with Crippen molar-refractivity contribution >= 4 is 0 Å². The lowest BCUT2D eigenvalue weighted by Gasteiger charge is -2.13. The van der Waals surface area contributed by atoms with Crippen molar-refractivity contribution in [1.82, 2.24) is 4.98 Å². The number of ether oxygens (including phenoxy) is 2. The molecule has 1 saturated carbocycles. The van der Waals surface area contributed by atoms with Gasteiger partial charge in [-0.25, -0.2) is 0 Å². The summed E-state index contributed by atoms with van der Waals surface area (Å²) in [6, 6.07) is 0. The Hall–Kier alpha value is -1.29. The highest BCUT2D eigenvalue weighted by atomic mass is 16.5. The lowest BCUT2D eigenvalue weighted by Crippen LogP contribution is -2.05. The van der Waals surface area contributed by atoms with E-state index >= 15 is 0 Å². The van der Waals surface area contributed by atoms with E-state index in [1.54, 1.807) is 26.6 Å². The third-order valence-electron chi connectivity index (χ3n) is 3.97. The van der Waals surface area contributed by atoms with Gasteiger partial charge in [0, 0.05) is 11.5 Å². The van der Waals surface area contributed by atoms with Crippen LogP contribution in [-0.2, 0) is 0 Å². The molecule has 1 aromatic rings. The molecule has 1 aliphatic rings. The van der Waals surface area contributed by atoms with Crippen LogP contribution in [0.25, 0.3) is 0 Å². The topological polar surface area (TPSA) is 57.4 Å². The zero-order valence-electron chi connectivity index (χ0n) is 10.9. The Morgan fingerprint density at radius 1 is 1.24 bits per heavy atom. The Morgan fingerprint density at radius 2 is 1.76 bits per heavy atom. The monoisotopic (exact) mass is 236 g/mol. The molecular weight excluding hydrogens is 216 g/mol. The highest BCUT2D eigenvalue weighted by Gasteiger charge is 2.59. The molecule has 0 spiro atoms. The molecular formula is C13H20N2O2. The van der Waals surface area contributed by atoms with Gasteiger partial charge in [-0.3, -0.25) is 4.98 Å². The lowest BCUT2D eigenvalue weighted by molar-refractivity contribution is 0.379. The molecule has 17 heavy (non-hydrogen) atoms. The predicted molar refractivity (Wildman–Crippen MR) is 66.4 cm³/mol. The number of nitrogens with zero attached hydrogens (tertiary/aromatic N) is 1. The summed E-state index contributed by atoms with van der Waals surface area (Å²) in [6.07, 6.45) is 3.47. The molecule has 0 unspecified atom stereocenters. The molecule has 2 atom stereocenters. The van der Waals surface area contributed by atoms with Crippen LogP contribution in [0, 0.1) is 11.3 Å². The minimum Gasteiger partial charge on any atom is -0.495 e. The van der Waals surface area contributed by atoms with E-state index in [2.05, 4.69) is 18.8 Å². The molecule has 1 heterocycles. The summed E-state index contributed by atoms with van der Waals surface area (Å²) in [6.45, 7) is 5.15. The van der Waals surface area contributed by atoms with Crippen LogP contribution in [0.5, 0.6) is 11.5 Å². The van der Waals surface area contributed by atoms with Crippen LogP contribution in [0.1, 0.15) is 25.3 Å². The SMILES string of the molecule is COc1cncc(OC)c1[C@@H]1[C@@H](CN)C1(C)C. The average Bonchev–Trinajstić information content (AvgIpc) is 2.89. The molecule has 2 N–H and O–H groups in total. The van der Waals surface area contributed by atoms with E-state index in [-0.39, 0.29) is 5.41 Å². The summed E-state index contributed by atoms with van der Waals surface area (Å²) in [5.41, 5.74) is 7.13. The molecule has 0 amide bonds. The quantitative estimate of drug-likeness (QED) is 0.866. The molecule has 1 aliphatic carbocycles. The van der Waals surface area contributed by atoms with E-state index in [0.717, 1.165) is 17.1 Å². The van der Waals surface area contributed by atoms with Crippen LogP contribution in [-0.4, -0.2) is 25.7 Å². The zero-order valence-corrected chi connectivity index (χ0v) is 10.9. The maximum Gasteiger partial charge on any atom is 0.144 e. The number of rotatable bonds is 4. The molecule has 0 saturated heterocycles. The van der Waals surface area contributed by atoms with Gasteiger partial charge < -0.3 is 15.2 Å². The number of pyridine rings is 1. The highest BCUT2D eigenvalue weighted by molar-refractivity contribution is 5.49. The van der Waals surface area contributed by atoms with Crippen LogP contribution in [0.3, 0.4) is 0 Å². The number of aromatic nitrogens is 1. The smallest absolute Gasteiger partial charge is 0.144 e. The maximum atomic E-state index is 5.82. The van der Waals surface area contributed by atoms with Crippen LogP contribution in [0.4, 0.5) is 0 Å². The first-order valence-electron chi connectivity index (χ1n) is 5.83. The minimum absolute atomic E-state index is 0.205. The van der Waals surface area contributed by atoms with Crippen molar-refractivity contribution < 1.29 is 9.47 Å². The summed E-state index contributed by atoms with van der Waals surface area (Å²) in [5, 5.41) is 0. The van der Waals surface area contributed by atoms with E-state index in [4.69, 9.17) is 15.2 Å². The standard InChI is InChI=1S/C13H20N2O2/c1-13(2)8(5-14)12(13)11-9(16-3)6-15-7-10(11)17-4/h6-8,12H,5,14H2,1-4H3/t8-,12+/m1/s1. The Kier molecular flexibility index (Phi) is 3.00. The molecule has 4 nitrogen and oxygen atoms in total. The fraction of sp³-hybridized carbons (Fsp3) is 0.615. The van der Waals surface area contributed by atoms with Crippen molar-refractivity contribution in [3.63, 3.8) is 0 Å². The van der Waals surface area contributed by atoms with Crippen molar-refractivity contribution in [2.45, 2.75) is 19.8 Å². The third kappa shape index (κ3) is 1.76. The Morgan fingerprint density at radius 3 is 2.12 bits per heavy atom. The molecule has 1 fully saturated rings. The van der Waals surface area contributed by atoms with Gasteiger partial charge in [-0.05, 0) is 17.9 Å². The molecule has 1 aromatic heterocycles. The molecule has 4 heteroatoms. The van der Waals surface area contributed by atoms with Gasteiger partial charge in [-0.1, -0.05) is 13.8 Å². The molecule has 0 bridgehead atoms. The summed E-state index contributed by atoms with van der Waals surface area (Å²) >= 11 is 0. The van der Waals surface area contributed by atoms with E-state index in [9.17, 15) is 0 Å². The summed E-state index contributed by atoms with van der Waals surface area (Å²) in [5.74, 6) is 2.45. The molecule has 94 valence electrons. The van der Waals surface area contributed by atoms with Crippen LogP contribution >= 0.6 is 0 Å². The molecule has 0 radical (unpaired) electrons. The Balaban J connectivity index is 2.45. The zero-order chi connectivity index (χ0) is 12.6. The average molecular weight is 236 g/mol. The highest BCUT2D eigenvalue weighted by Crippen LogP contribution is 2.66. The first kappa shape index (κ1) is 12.2. The van der Waals surface area contributed by atoms with E-state index in [0.29, 0.717) is 18.4 Å². The largest absolute Gasteiger partial charge is 0.495 e. The van der Waals surface area contributed by atoms with Crippen LogP contribution in [0.2, 0.25) is 0 Å². The molecule has 0 aromatic carbocycles. The Labute approximate surface area is 102 Å². The third-order valence-corrected chi connectivity index (χ3v) is 3.97. The van der Waals surface area contributed by atoms with E-state index in [1.165, 1.54) is 0 Å². The number of methoxy groups -OCH3 is 2. The number of hydrogen-bond donors (Lipinski definition) is 1. The summed E-state index contributed by atoms with van der Waals surface area (Å²) < 4.78 is 10.8. The maximum absolute atomic E-state index is 5.82. The van der Waals surface area contributed by atoms with Gasteiger partial charge in [0.2, 0.25) is 0 Å². The second kappa shape index (κ2) is 4.18. The van der Waals surface area contributed by atoms with Crippen molar-refractivity contribution in [1.29, 1.82) is 0 Å². The van der Waals surface area contributed by atoms with E-state index < -0.39 is 0 Å². The second-order valence-electron chi connectivity index (χ2n) is 5.10. The first-order valence-corrected chi connectivity index (χ1v) is 5.83. The Bertz CT molecular complexity index is 396. The van der Waals surface area contributed by atoms with Gasteiger partial charge in [-0.2, -0.15) is 0 Å². The summed E-state index contributed by atoms with van der Waals surface area (Å²) in [7, 11) is 3.32. The van der Waals surface area contributed by atoms with Crippen LogP contribution in [0.15, 0.2) is 12.4 Å². The second-order valence-corrected chi connectivity index (χ2v) is 5.10. The molecule has 2 rings (SSSR count). The lowest BCUT2D eigenvalue weighted by atomic mass is 10.0. The van der Waals surface area contributed by atoms with Crippen molar-refractivity contribution in [2.75, 3.05) is 20.8 Å². The van der Waals surface area contributed by atoms with E-state index in [1.807, 2.05) is 0 Å².